The molecular weight excluding hydrogens is 452 g/mol. The predicted molar refractivity (Wildman–Crippen MR) is 129 cm³/mol. The Morgan fingerprint density at radius 2 is 1.79 bits per heavy atom. The molecule has 0 radical (unpaired) electrons. The smallest absolute Gasteiger partial charge is 0.240 e. The zero-order chi connectivity index (χ0) is 24.2. The Morgan fingerprint density at radius 3 is 2.38 bits per heavy atom. The normalized spacial score (nSPS) is 21.6. The number of aliphatic hydroxyl groups is 1. The van der Waals surface area contributed by atoms with Gasteiger partial charge in [0, 0.05) is 23.9 Å². The molecule has 3 aromatic rings. The van der Waals surface area contributed by atoms with Gasteiger partial charge in [-0.25, -0.2) is 17.8 Å². The summed E-state index contributed by atoms with van der Waals surface area (Å²) < 4.78 is 30.2. The average Bonchev–Trinajstić information content (AvgIpc) is 3.39. The fourth-order valence-corrected chi connectivity index (χ4v) is 5.64. The highest BCUT2D eigenvalue weighted by Gasteiger charge is 2.39. The Morgan fingerprint density at radius 1 is 1.12 bits per heavy atom. The number of nitrogens with zero attached hydrogens (tertiary/aromatic N) is 2. The number of aromatic nitrogens is 2. The second-order valence-electron chi connectivity index (χ2n) is 9.02. The van der Waals surface area contributed by atoms with Crippen LogP contribution in [0.25, 0.3) is 5.69 Å². The van der Waals surface area contributed by atoms with Crippen LogP contribution < -0.4 is 10.0 Å². The van der Waals surface area contributed by atoms with E-state index in [-0.39, 0.29) is 23.5 Å². The summed E-state index contributed by atoms with van der Waals surface area (Å²) in [4.78, 5) is 13.2. The lowest BCUT2D eigenvalue weighted by Gasteiger charge is -2.37. The molecule has 2 aromatic carbocycles. The average molecular weight is 483 g/mol. The molecule has 3 N–H and O–H groups in total. The third-order valence-electron chi connectivity index (χ3n) is 6.56. The van der Waals surface area contributed by atoms with Gasteiger partial charge in [-0.15, -0.1) is 0 Å². The van der Waals surface area contributed by atoms with Crippen molar-refractivity contribution in [2.45, 2.75) is 49.6 Å². The van der Waals surface area contributed by atoms with E-state index in [0.717, 1.165) is 11.3 Å². The van der Waals surface area contributed by atoms with E-state index in [1.807, 2.05) is 37.3 Å². The number of amides is 1. The molecule has 1 aliphatic rings. The van der Waals surface area contributed by atoms with Gasteiger partial charge in [-0.2, -0.15) is 5.10 Å². The first-order valence-electron chi connectivity index (χ1n) is 11.4. The molecule has 1 atom stereocenters. The molecule has 0 bridgehead atoms. The van der Waals surface area contributed by atoms with Gasteiger partial charge < -0.3 is 10.4 Å². The Labute approximate surface area is 200 Å². The van der Waals surface area contributed by atoms with Crippen molar-refractivity contribution in [2.24, 2.45) is 5.41 Å². The summed E-state index contributed by atoms with van der Waals surface area (Å²) in [6.07, 6.45) is 5.68. The largest absolute Gasteiger partial charge is 0.394 e. The topological polar surface area (TPSA) is 113 Å². The molecule has 0 aliphatic heterocycles. The molecule has 1 saturated carbocycles. The van der Waals surface area contributed by atoms with Gasteiger partial charge in [0.25, 0.3) is 0 Å². The third kappa shape index (κ3) is 5.38. The molecule has 0 spiro atoms. The summed E-state index contributed by atoms with van der Waals surface area (Å²) in [5, 5.41) is 16.9. The fourth-order valence-electron chi connectivity index (χ4n) is 4.34. The van der Waals surface area contributed by atoms with Gasteiger partial charge in [0.1, 0.15) is 0 Å². The Hall–Kier alpha value is -3.01. The van der Waals surface area contributed by atoms with Crippen LogP contribution in [0.5, 0.6) is 0 Å². The van der Waals surface area contributed by atoms with Crippen LogP contribution in [0.15, 0.2) is 78.0 Å². The number of rotatable bonds is 8. The summed E-state index contributed by atoms with van der Waals surface area (Å²) in [6, 6.07) is 17.0. The molecular formula is C25H30N4O4S. The molecule has 0 saturated heterocycles. The number of carbonyl (C=O) groups excluding carboxylic acids is 1. The zero-order valence-electron chi connectivity index (χ0n) is 19.1. The van der Waals surface area contributed by atoms with E-state index >= 15 is 0 Å². The van der Waals surface area contributed by atoms with Crippen molar-refractivity contribution in [3.8, 4) is 5.69 Å². The number of aliphatic hydroxyl groups excluding tert-OH is 1. The third-order valence-corrected chi connectivity index (χ3v) is 8.10. The molecule has 8 nitrogen and oxygen atoms in total. The van der Waals surface area contributed by atoms with Crippen LogP contribution in [0.3, 0.4) is 0 Å². The van der Waals surface area contributed by atoms with Gasteiger partial charge in [0.05, 0.1) is 23.2 Å². The second kappa shape index (κ2) is 10.1. The lowest BCUT2D eigenvalue weighted by atomic mass is 9.73. The van der Waals surface area contributed by atoms with Crippen molar-refractivity contribution in [1.82, 2.24) is 19.8 Å². The van der Waals surface area contributed by atoms with Gasteiger partial charge in [-0.3, -0.25) is 4.79 Å². The predicted octanol–water partition coefficient (Wildman–Crippen LogP) is 2.95. The van der Waals surface area contributed by atoms with Gasteiger partial charge >= 0.3 is 0 Å². The molecule has 1 heterocycles. The Bertz CT molecular complexity index is 1190. The summed E-state index contributed by atoms with van der Waals surface area (Å²) >= 11 is 0. The second-order valence-corrected chi connectivity index (χ2v) is 10.7. The highest BCUT2D eigenvalue weighted by Crippen LogP contribution is 2.37. The summed E-state index contributed by atoms with van der Waals surface area (Å²) in [5.41, 5.74) is 1.01. The van der Waals surface area contributed by atoms with Gasteiger partial charge in [-0.1, -0.05) is 37.3 Å². The number of nitrogens with one attached hydrogen (secondary N) is 2. The SMILES string of the molecule is CC1(C(=O)N[C@H](CO)c2ccccc2)CCC(NS(=O)(=O)c2ccc(-n3cccn3)cc2)CC1. The molecule has 1 fully saturated rings. The number of sulfonamides is 1. The standard InChI is InChI=1S/C25H30N4O4S/c1-25(24(31)27-23(18-30)19-6-3-2-4-7-19)14-12-20(13-15-25)28-34(32,33)22-10-8-21(9-11-22)29-17-5-16-26-29/h2-11,16-17,20,23,28,30H,12-15,18H2,1H3,(H,27,31)/t20?,23-,25?/m1/s1. The maximum absolute atomic E-state index is 13.0. The van der Waals surface area contributed by atoms with Crippen LogP contribution in [-0.4, -0.2) is 41.9 Å². The Balaban J connectivity index is 1.35. The minimum Gasteiger partial charge on any atom is -0.394 e. The van der Waals surface area contributed by atoms with Crippen LogP contribution in [0.1, 0.15) is 44.2 Å². The van der Waals surface area contributed by atoms with Crippen LogP contribution in [0.2, 0.25) is 0 Å². The monoisotopic (exact) mass is 482 g/mol. The van der Waals surface area contributed by atoms with Crippen molar-refractivity contribution in [1.29, 1.82) is 0 Å². The van der Waals surface area contributed by atoms with E-state index < -0.39 is 21.5 Å². The van der Waals surface area contributed by atoms with E-state index in [1.165, 1.54) is 0 Å². The Kier molecular flexibility index (Phi) is 7.16. The first-order valence-corrected chi connectivity index (χ1v) is 12.9. The molecule has 34 heavy (non-hydrogen) atoms. The van der Waals surface area contributed by atoms with E-state index in [4.69, 9.17) is 0 Å². The highest BCUT2D eigenvalue weighted by atomic mass is 32.2. The molecule has 1 amide bonds. The summed E-state index contributed by atoms with van der Waals surface area (Å²) in [7, 11) is -3.68. The number of hydrogen-bond donors (Lipinski definition) is 3. The summed E-state index contributed by atoms with van der Waals surface area (Å²) in [6.45, 7) is 1.72. The molecule has 1 aromatic heterocycles. The minimum atomic E-state index is -3.68. The quantitative estimate of drug-likeness (QED) is 0.457. The van der Waals surface area contributed by atoms with Crippen LogP contribution in [0.4, 0.5) is 0 Å². The number of benzene rings is 2. The number of carbonyl (C=O) groups is 1. The van der Waals surface area contributed by atoms with E-state index in [0.29, 0.717) is 25.7 Å². The molecule has 4 rings (SSSR count). The van der Waals surface area contributed by atoms with E-state index in [2.05, 4.69) is 15.1 Å². The van der Waals surface area contributed by atoms with Crippen LogP contribution >= 0.6 is 0 Å². The lowest BCUT2D eigenvalue weighted by Crippen LogP contribution is -2.47. The first kappa shape index (κ1) is 24.1. The maximum atomic E-state index is 13.0. The maximum Gasteiger partial charge on any atom is 0.240 e. The van der Waals surface area contributed by atoms with E-state index in [1.54, 1.807) is 47.4 Å². The van der Waals surface area contributed by atoms with Gasteiger partial charge in [-0.05, 0) is 61.6 Å². The van der Waals surface area contributed by atoms with Crippen LogP contribution in [0, 0.1) is 5.41 Å². The fraction of sp³-hybridized carbons (Fsp3) is 0.360. The minimum absolute atomic E-state index is 0.120. The zero-order valence-corrected chi connectivity index (χ0v) is 19.9. The van der Waals surface area contributed by atoms with Crippen molar-refractivity contribution < 1.29 is 18.3 Å². The van der Waals surface area contributed by atoms with Gasteiger partial charge in [0.15, 0.2) is 0 Å². The summed E-state index contributed by atoms with van der Waals surface area (Å²) in [5.74, 6) is -0.120. The van der Waals surface area contributed by atoms with Crippen LogP contribution in [-0.2, 0) is 14.8 Å². The first-order chi connectivity index (χ1) is 16.3. The van der Waals surface area contributed by atoms with Crippen molar-refractivity contribution in [3.63, 3.8) is 0 Å². The molecule has 9 heteroatoms. The molecule has 180 valence electrons. The van der Waals surface area contributed by atoms with E-state index in [9.17, 15) is 18.3 Å². The lowest BCUT2D eigenvalue weighted by molar-refractivity contribution is -0.133. The highest BCUT2D eigenvalue weighted by molar-refractivity contribution is 7.89. The van der Waals surface area contributed by atoms with Gasteiger partial charge in [0.2, 0.25) is 15.9 Å². The van der Waals surface area contributed by atoms with Crippen molar-refractivity contribution in [3.05, 3.63) is 78.6 Å². The molecule has 0 unspecified atom stereocenters. The molecule has 1 aliphatic carbocycles. The van der Waals surface area contributed by atoms with Crippen molar-refractivity contribution >= 4 is 15.9 Å². The van der Waals surface area contributed by atoms with Crippen molar-refractivity contribution in [2.75, 3.05) is 6.61 Å². The number of hydrogen-bond acceptors (Lipinski definition) is 5.